The van der Waals surface area contributed by atoms with Crippen LogP contribution in [-0.2, 0) is 0 Å². The predicted molar refractivity (Wildman–Crippen MR) is 76.4 cm³/mol. The molecule has 2 heterocycles. The van der Waals surface area contributed by atoms with Crippen molar-refractivity contribution in [1.29, 1.82) is 0 Å². The Morgan fingerprint density at radius 2 is 2.05 bits per heavy atom. The molecule has 0 amide bonds. The van der Waals surface area contributed by atoms with Gasteiger partial charge in [-0.05, 0) is 37.0 Å². The standard InChI is InChI=1S/C15H20N4/c1-2-6-13(7-3-1)12-17-14-8-4-9-16-15(14)19-11-5-10-18-19/h4-5,8-11,13,17H,1-3,6-7,12H2. The van der Waals surface area contributed by atoms with Gasteiger partial charge >= 0.3 is 0 Å². The molecule has 0 spiro atoms. The molecule has 0 aromatic carbocycles. The van der Waals surface area contributed by atoms with Crippen molar-refractivity contribution >= 4 is 5.69 Å². The maximum Gasteiger partial charge on any atom is 0.176 e. The highest BCUT2D eigenvalue weighted by Gasteiger charge is 2.14. The van der Waals surface area contributed by atoms with Crippen molar-refractivity contribution < 1.29 is 0 Å². The van der Waals surface area contributed by atoms with Crippen molar-refractivity contribution in [2.75, 3.05) is 11.9 Å². The van der Waals surface area contributed by atoms with Crippen LogP contribution in [0, 0.1) is 5.92 Å². The summed E-state index contributed by atoms with van der Waals surface area (Å²) in [7, 11) is 0. The fourth-order valence-electron chi connectivity index (χ4n) is 2.76. The molecule has 1 N–H and O–H groups in total. The van der Waals surface area contributed by atoms with E-state index >= 15 is 0 Å². The van der Waals surface area contributed by atoms with Crippen molar-refractivity contribution in [2.45, 2.75) is 32.1 Å². The van der Waals surface area contributed by atoms with Gasteiger partial charge in [0.15, 0.2) is 5.82 Å². The Balaban J connectivity index is 1.70. The van der Waals surface area contributed by atoms with Gasteiger partial charge in [0.1, 0.15) is 0 Å². The lowest BCUT2D eigenvalue weighted by molar-refractivity contribution is 0.373. The van der Waals surface area contributed by atoms with Gasteiger partial charge in [0.25, 0.3) is 0 Å². The zero-order valence-corrected chi connectivity index (χ0v) is 11.1. The fourth-order valence-corrected chi connectivity index (χ4v) is 2.76. The number of hydrogen-bond donors (Lipinski definition) is 1. The third kappa shape index (κ3) is 2.95. The predicted octanol–water partition coefficient (Wildman–Crippen LogP) is 3.26. The molecule has 0 atom stereocenters. The van der Waals surface area contributed by atoms with Crippen molar-refractivity contribution in [3.8, 4) is 5.82 Å². The topological polar surface area (TPSA) is 42.7 Å². The first kappa shape index (κ1) is 12.2. The maximum absolute atomic E-state index is 4.42. The Morgan fingerprint density at radius 1 is 1.16 bits per heavy atom. The van der Waals surface area contributed by atoms with Crippen LogP contribution >= 0.6 is 0 Å². The summed E-state index contributed by atoms with van der Waals surface area (Å²) in [5.41, 5.74) is 1.07. The van der Waals surface area contributed by atoms with E-state index < -0.39 is 0 Å². The number of nitrogens with one attached hydrogen (secondary N) is 1. The smallest absolute Gasteiger partial charge is 0.176 e. The van der Waals surface area contributed by atoms with Gasteiger partial charge < -0.3 is 5.32 Å². The molecular weight excluding hydrogens is 236 g/mol. The molecule has 0 bridgehead atoms. The van der Waals surface area contributed by atoms with Crippen molar-refractivity contribution in [1.82, 2.24) is 14.8 Å². The fraction of sp³-hybridized carbons (Fsp3) is 0.467. The molecule has 4 nitrogen and oxygen atoms in total. The average molecular weight is 256 g/mol. The molecule has 2 aromatic heterocycles. The second-order valence-corrected chi connectivity index (χ2v) is 5.21. The zero-order valence-electron chi connectivity index (χ0n) is 11.1. The third-order valence-corrected chi connectivity index (χ3v) is 3.81. The normalized spacial score (nSPS) is 16.4. The van der Waals surface area contributed by atoms with E-state index in [9.17, 15) is 0 Å². The van der Waals surface area contributed by atoms with Gasteiger partial charge in [0.05, 0.1) is 5.69 Å². The molecular formula is C15H20N4. The van der Waals surface area contributed by atoms with E-state index in [-0.39, 0.29) is 0 Å². The molecule has 1 fully saturated rings. The molecule has 0 unspecified atom stereocenters. The Bertz CT molecular complexity index is 501. The van der Waals surface area contributed by atoms with Crippen LogP contribution in [0.15, 0.2) is 36.8 Å². The minimum Gasteiger partial charge on any atom is -0.382 e. The minimum atomic E-state index is 0.805. The summed E-state index contributed by atoms with van der Waals surface area (Å²) in [6.07, 6.45) is 12.4. The van der Waals surface area contributed by atoms with Gasteiger partial charge in [0.2, 0.25) is 0 Å². The molecule has 1 aliphatic carbocycles. The molecule has 19 heavy (non-hydrogen) atoms. The molecule has 100 valence electrons. The lowest BCUT2D eigenvalue weighted by Gasteiger charge is -2.22. The first-order chi connectivity index (χ1) is 9.43. The molecule has 1 saturated carbocycles. The number of rotatable bonds is 4. The summed E-state index contributed by atoms with van der Waals surface area (Å²) in [5, 5.41) is 7.80. The van der Waals surface area contributed by atoms with Gasteiger partial charge in [0, 0.05) is 25.1 Å². The van der Waals surface area contributed by atoms with E-state index in [1.54, 1.807) is 6.20 Å². The average Bonchev–Trinajstić information content (AvgIpc) is 3.01. The molecule has 0 radical (unpaired) electrons. The van der Waals surface area contributed by atoms with Crippen molar-refractivity contribution in [3.05, 3.63) is 36.8 Å². The van der Waals surface area contributed by atoms with Crippen LogP contribution < -0.4 is 5.32 Å². The highest BCUT2D eigenvalue weighted by atomic mass is 15.3. The van der Waals surface area contributed by atoms with Gasteiger partial charge in [-0.25, -0.2) is 9.67 Å². The number of nitrogens with zero attached hydrogens (tertiary/aromatic N) is 3. The second-order valence-electron chi connectivity index (χ2n) is 5.21. The minimum absolute atomic E-state index is 0.805. The number of hydrogen-bond acceptors (Lipinski definition) is 3. The van der Waals surface area contributed by atoms with E-state index in [1.807, 2.05) is 29.2 Å². The summed E-state index contributed by atoms with van der Waals surface area (Å²) >= 11 is 0. The molecule has 0 aliphatic heterocycles. The monoisotopic (exact) mass is 256 g/mol. The zero-order chi connectivity index (χ0) is 12.9. The summed E-state index contributed by atoms with van der Waals surface area (Å²) in [4.78, 5) is 4.42. The first-order valence-electron chi connectivity index (χ1n) is 7.12. The van der Waals surface area contributed by atoms with Crippen LogP contribution in [-0.4, -0.2) is 21.3 Å². The molecule has 1 aliphatic rings. The molecule has 0 saturated heterocycles. The van der Waals surface area contributed by atoms with Crippen LogP contribution in [0.5, 0.6) is 0 Å². The summed E-state index contributed by atoms with van der Waals surface area (Å²) in [5.74, 6) is 1.68. The lowest BCUT2D eigenvalue weighted by Crippen LogP contribution is -2.18. The Morgan fingerprint density at radius 3 is 2.84 bits per heavy atom. The summed E-state index contributed by atoms with van der Waals surface area (Å²) < 4.78 is 1.81. The molecule has 4 heteroatoms. The van der Waals surface area contributed by atoms with Crippen molar-refractivity contribution in [2.24, 2.45) is 5.92 Å². The first-order valence-corrected chi connectivity index (χ1v) is 7.12. The third-order valence-electron chi connectivity index (χ3n) is 3.81. The van der Waals surface area contributed by atoms with Crippen LogP contribution in [0.1, 0.15) is 32.1 Å². The van der Waals surface area contributed by atoms with E-state index in [1.165, 1.54) is 32.1 Å². The number of pyridine rings is 1. The summed E-state index contributed by atoms with van der Waals surface area (Å²) in [6.45, 7) is 1.04. The number of aromatic nitrogens is 3. The van der Waals surface area contributed by atoms with Crippen LogP contribution in [0.2, 0.25) is 0 Å². The largest absolute Gasteiger partial charge is 0.382 e. The van der Waals surface area contributed by atoms with Gasteiger partial charge in [-0.1, -0.05) is 19.3 Å². The Hall–Kier alpha value is -1.84. The second kappa shape index (κ2) is 5.87. The van der Waals surface area contributed by atoms with Gasteiger partial charge in [-0.2, -0.15) is 5.10 Å². The van der Waals surface area contributed by atoms with Crippen LogP contribution in [0.4, 0.5) is 5.69 Å². The number of anilines is 1. The summed E-state index contributed by atoms with van der Waals surface area (Å²) in [6, 6.07) is 5.96. The van der Waals surface area contributed by atoms with E-state index in [4.69, 9.17) is 0 Å². The highest BCUT2D eigenvalue weighted by molar-refractivity contribution is 5.56. The Labute approximate surface area is 113 Å². The lowest BCUT2D eigenvalue weighted by atomic mass is 9.89. The van der Waals surface area contributed by atoms with E-state index in [0.717, 1.165) is 24.0 Å². The SMILES string of the molecule is c1cnc(-n2cccn2)c(NCC2CCCCC2)c1. The van der Waals surface area contributed by atoms with E-state index in [2.05, 4.69) is 21.5 Å². The Kier molecular flexibility index (Phi) is 3.77. The quantitative estimate of drug-likeness (QED) is 0.913. The molecule has 2 aromatic rings. The van der Waals surface area contributed by atoms with Crippen LogP contribution in [0.25, 0.3) is 5.82 Å². The molecule has 3 rings (SSSR count). The van der Waals surface area contributed by atoms with Gasteiger partial charge in [-0.15, -0.1) is 0 Å². The van der Waals surface area contributed by atoms with E-state index in [0.29, 0.717) is 0 Å². The maximum atomic E-state index is 4.42. The highest BCUT2D eigenvalue weighted by Crippen LogP contribution is 2.25. The van der Waals surface area contributed by atoms with Gasteiger partial charge in [-0.3, -0.25) is 0 Å². The van der Waals surface area contributed by atoms with Crippen molar-refractivity contribution in [3.63, 3.8) is 0 Å². The van der Waals surface area contributed by atoms with Crippen LogP contribution in [0.3, 0.4) is 0 Å².